The maximum absolute atomic E-state index is 13.4. The number of rotatable bonds is 3. The molecular weight excluding hydrogens is 303 g/mol. The van der Waals surface area contributed by atoms with E-state index in [9.17, 15) is 19.3 Å². The smallest absolute Gasteiger partial charge is 0.294 e. The molecule has 0 aliphatic rings. The fraction of sp³-hybridized carbons (Fsp3) is 0. The van der Waals surface area contributed by atoms with Crippen molar-refractivity contribution in [1.82, 2.24) is 4.98 Å². The Morgan fingerprint density at radius 3 is 2.81 bits per heavy atom. The van der Waals surface area contributed by atoms with Crippen molar-refractivity contribution in [3.63, 3.8) is 0 Å². The largest absolute Gasteiger partial charge is 0.392 e. The fourth-order valence-electron chi connectivity index (χ4n) is 1.56. The standard InChI is InChI=1S/C12H8ClFN4O3/c13-7-3-6(4-10(11(7)15)18(20)21)12(19)17-9-1-2-16-5-8(9)14/h1-5H,15H2,(H,16,17,19). The van der Waals surface area contributed by atoms with Crippen LogP contribution in [-0.2, 0) is 0 Å². The summed E-state index contributed by atoms with van der Waals surface area (Å²) in [7, 11) is 0. The molecule has 1 heterocycles. The van der Waals surface area contributed by atoms with Crippen LogP contribution in [0.15, 0.2) is 30.6 Å². The van der Waals surface area contributed by atoms with E-state index in [4.69, 9.17) is 17.3 Å². The molecule has 0 fully saturated rings. The number of pyridine rings is 1. The third kappa shape index (κ3) is 3.06. The Morgan fingerprint density at radius 1 is 1.48 bits per heavy atom. The summed E-state index contributed by atoms with van der Waals surface area (Å²) in [5.74, 6) is -1.49. The van der Waals surface area contributed by atoms with Crippen LogP contribution in [0.4, 0.5) is 21.5 Å². The van der Waals surface area contributed by atoms with Gasteiger partial charge in [0.25, 0.3) is 11.6 Å². The van der Waals surface area contributed by atoms with Gasteiger partial charge in [-0.1, -0.05) is 11.6 Å². The molecule has 21 heavy (non-hydrogen) atoms. The fourth-order valence-corrected chi connectivity index (χ4v) is 1.77. The Balaban J connectivity index is 2.36. The second-order valence-electron chi connectivity index (χ2n) is 3.96. The van der Waals surface area contributed by atoms with Crippen LogP contribution in [0.5, 0.6) is 0 Å². The Bertz CT molecular complexity index is 738. The van der Waals surface area contributed by atoms with Crippen molar-refractivity contribution in [2.24, 2.45) is 0 Å². The van der Waals surface area contributed by atoms with E-state index in [1.54, 1.807) is 0 Å². The van der Waals surface area contributed by atoms with Gasteiger partial charge in [-0.2, -0.15) is 0 Å². The molecular formula is C12H8ClFN4O3. The summed E-state index contributed by atoms with van der Waals surface area (Å²) in [5.41, 5.74) is 4.50. The summed E-state index contributed by atoms with van der Waals surface area (Å²) >= 11 is 5.75. The van der Waals surface area contributed by atoms with Gasteiger partial charge in [0, 0.05) is 17.8 Å². The highest BCUT2D eigenvalue weighted by Crippen LogP contribution is 2.31. The molecule has 1 aromatic heterocycles. The molecule has 9 heteroatoms. The average molecular weight is 311 g/mol. The second-order valence-corrected chi connectivity index (χ2v) is 4.36. The molecule has 108 valence electrons. The monoisotopic (exact) mass is 310 g/mol. The van der Waals surface area contributed by atoms with Crippen LogP contribution in [-0.4, -0.2) is 15.8 Å². The quantitative estimate of drug-likeness (QED) is 0.514. The molecule has 7 nitrogen and oxygen atoms in total. The predicted molar refractivity (Wildman–Crippen MR) is 74.7 cm³/mol. The van der Waals surface area contributed by atoms with E-state index in [0.717, 1.165) is 18.3 Å². The molecule has 2 aromatic rings. The first-order valence-corrected chi connectivity index (χ1v) is 5.92. The molecule has 0 aliphatic heterocycles. The maximum atomic E-state index is 13.4. The van der Waals surface area contributed by atoms with Gasteiger partial charge in [-0.25, -0.2) is 4.39 Å². The number of hydrogen-bond donors (Lipinski definition) is 2. The lowest BCUT2D eigenvalue weighted by Crippen LogP contribution is -2.14. The van der Waals surface area contributed by atoms with E-state index < -0.39 is 22.3 Å². The minimum Gasteiger partial charge on any atom is -0.392 e. The van der Waals surface area contributed by atoms with Crippen LogP contribution in [0, 0.1) is 15.9 Å². The molecule has 0 radical (unpaired) electrons. The zero-order chi connectivity index (χ0) is 15.6. The molecule has 0 saturated heterocycles. The van der Waals surface area contributed by atoms with Crippen LogP contribution >= 0.6 is 11.6 Å². The first-order chi connectivity index (χ1) is 9.90. The first kappa shape index (κ1) is 14.7. The van der Waals surface area contributed by atoms with Crippen molar-refractivity contribution in [3.05, 3.63) is 57.1 Å². The molecule has 1 amide bonds. The van der Waals surface area contributed by atoms with E-state index in [0.29, 0.717) is 0 Å². The third-order valence-electron chi connectivity index (χ3n) is 2.59. The molecule has 0 bridgehead atoms. The molecule has 0 atom stereocenters. The molecule has 0 saturated carbocycles. The van der Waals surface area contributed by atoms with Gasteiger partial charge < -0.3 is 11.1 Å². The number of nitro groups is 1. The van der Waals surface area contributed by atoms with E-state index in [2.05, 4.69) is 10.3 Å². The zero-order valence-electron chi connectivity index (χ0n) is 10.3. The van der Waals surface area contributed by atoms with Crippen LogP contribution in [0.1, 0.15) is 10.4 Å². The minimum atomic E-state index is -0.759. The number of aromatic nitrogens is 1. The first-order valence-electron chi connectivity index (χ1n) is 5.54. The van der Waals surface area contributed by atoms with Crippen molar-refractivity contribution >= 4 is 34.6 Å². The number of benzene rings is 1. The number of carbonyl (C=O) groups is 1. The van der Waals surface area contributed by atoms with E-state index in [1.807, 2.05) is 0 Å². The molecule has 0 aliphatic carbocycles. The number of nitrogen functional groups attached to an aromatic ring is 1. The van der Waals surface area contributed by atoms with Gasteiger partial charge in [0.05, 0.1) is 21.8 Å². The summed E-state index contributed by atoms with van der Waals surface area (Å²) in [5, 5.41) is 13.0. The third-order valence-corrected chi connectivity index (χ3v) is 2.90. The number of carbonyl (C=O) groups excluding carboxylic acids is 1. The van der Waals surface area contributed by atoms with Gasteiger partial charge in [-0.05, 0) is 12.1 Å². The van der Waals surface area contributed by atoms with Gasteiger partial charge in [0.15, 0.2) is 5.82 Å². The normalized spacial score (nSPS) is 10.2. The number of hydrogen-bond acceptors (Lipinski definition) is 5. The Morgan fingerprint density at radius 2 is 2.19 bits per heavy atom. The minimum absolute atomic E-state index is 0.106. The topological polar surface area (TPSA) is 111 Å². The number of nitrogens with zero attached hydrogens (tertiary/aromatic N) is 2. The molecule has 0 unspecified atom stereocenters. The van der Waals surface area contributed by atoms with Gasteiger partial charge in [-0.3, -0.25) is 19.9 Å². The number of nitro benzene ring substituents is 1. The van der Waals surface area contributed by atoms with Gasteiger partial charge in [0.1, 0.15) is 5.69 Å². The van der Waals surface area contributed by atoms with Crippen molar-refractivity contribution in [1.29, 1.82) is 0 Å². The van der Waals surface area contributed by atoms with Gasteiger partial charge in [0.2, 0.25) is 0 Å². The second kappa shape index (κ2) is 5.71. The maximum Gasteiger partial charge on any atom is 0.294 e. The Labute approximate surface area is 122 Å². The molecule has 0 spiro atoms. The van der Waals surface area contributed by atoms with Gasteiger partial charge >= 0.3 is 0 Å². The average Bonchev–Trinajstić information content (AvgIpc) is 2.43. The lowest BCUT2D eigenvalue weighted by Gasteiger charge is -2.07. The Hall–Kier alpha value is -2.74. The number of amides is 1. The van der Waals surface area contributed by atoms with Crippen LogP contribution < -0.4 is 11.1 Å². The summed E-state index contributed by atoms with van der Waals surface area (Å²) in [6.07, 6.45) is 2.21. The lowest BCUT2D eigenvalue weighted by molar-refractivity contribution is -0.383. The summed E-state index contributed by atoms with van der Waals surface area (Å²) in [4.78, 5) is 25.6. The molecule has 3 N–H and O–H groups in total. The van der Waals surface area contributed by atoms with Crippen molar-refractivity contribution < 1.29 is 14.1 Å². The highest BCUT2D eigenvalue weighted by Gasteiger charge is 2.20. The predicted octanol–water partition coefficient (Wildman–Crippen LogP) is 2.62. The summed E-state index contributed by atoms with van der Waals surface area (Å²) in [6, 6.07) is 3.38. The number of nitrogens with one attached hydrogen (secondary N) is 1. The summed E-state index contributed by atoms with van der Waals surface area (Å²) in [6.45, 7) is 0. The highest BCUT2D eigenvalue weighted by molar-refractivity contribution is 6.34. The van der Waals surface area contributed by atoms with Crippen LogP contribution in [0.2, 0.25) is 5.02 Å². The zero-order valence-corrected chi connectivity index (χ0v) is 11.1. The Kier molecular flexibility index (Phi) is 3.99. The van der Waals surface area contributed by atoms with Gasteiger partial charge in [-0.15, -0.1) is 0 Å². The number of anilines is 2. The van der Waals surface area contributed by atoms with Crippen molar-refractivity contribution in [2.45, 2.75) is 0 Å². The SMILES string of the molecule is Nc1c(Cl)cc(C(=O)Nc2ccncc2F)cc1[N+](=O)[O-]. The van der Waals surface area contributed by atoms with Crippen molar-refractivity contribution in [3.8, 4) is 0 Å². The van der Waals surface area contributed by atoms with Crippen molar-refractivity contribution in [2.75, 3.05) is 11.1 Å². The highest BCUT2D eigenvalue weighted by atomic mass is 35.5. The number of halogens is 2. The molecule has 2 rings (SSSR count). The van der Waals surface area contributed by atoms with E-state index in [-0.39, 0.29) is 22.0 Å². The molecule has 1 aromatic carbocycles. The van der Waals surface area contributed by atoms with Crippen LogP contribution in [0.3, 0.4) is 0 Å². The number of nitrogens with two attached hydrogens (primary N) is 1. The summed E-state index contributed by atoms with van der Waals surface area (Å²) < 4.78 is 13.4. The lowest BCUT2D eigenvalue weighted by atomic mass is 10.1. The van der Waals surface area contributed by atoms with E-state index in [1.165, 1.54) is 12.3 Å². The van der Waals surface area contributed by atoms with Crippen LogP contribution in [0.25, 0.3) is 0 Å². The van der Waals surface area contributed by atoms with E-state index >= 15 is 0 Å².